The number of benzene rings is 1. The van der Waals surface area contributed by atoms with Crippen LogP contribution in [0.3, 0.4) is 0 Å². The summed E-state index contributed by atoms with van der Waals surface area (Å²) in [4.78, 5) is 0. The van der Waals surface area contributed by atoms with Gasteiger partial charge in [-0.05, 0) is 5.56 Å². The predicted molar refractivity (Wildman–Crippen MR) is 73.7 cm³/mol. The summed E-state index contributed by atoms with van der Waals surface area (Å²) in [5.74, 6) is 0. The van der Waals surface area contributed by atoms with Crippen LogP contribution in [0.15, 0.2) is 42.5 Å². The van der Waals surface area contributed by atoms with E-state index in [2.05, 4.69) is 0 Å². The molecular formula is C15H22O4. The second kappa shape index (κ2) is 9.69. The number of hydrogen-bond acceptors (Lipinski definition) is 4. The van der Waals surface area contributed by atoms with Crippen LogP contribution in [-0.4, -0.2) is 38.3 Å². The maximum atomic E-state index is 9.69. The van der Waals surface area contributed by atoms with Crippen LogP contribution in [0, 0.1) is 0 Å². The van der Waals surface area contributed by atoms with Crippen molar-refractivity contribution < 1.29 is 19.3 Å². The van der Waals surface area contributed by atoms with Crippen molar-refractivity contribution in [2.45, 2.75) is 25.4 Å². The van der Waals surface area contributed by atoms with Crippen molar-refractivity contribution in [1.29, 1.82) is 0 Å². The molecule has 1 rings (SSSR count). The molecular weight excluding hydrogens is 244 g/mol. The van der Waals surface area contributed by atoms with E-state index in [1.165, 1.54) is 0 Å². The number of rotatable bonds is 9. The molecule has 0 heterocycles. The number of methoxy groups -OCH3 is 2. The molecule has 1 aromatic rings. The Morgan fingerprint density at radius 3 is 2.47 bits per heavy atom. The molecule has 4 nitrogen and oxygen atoms in total. The molecule has 1 N–H and O–H groups in total. The third kappa shape index (κ3) is 7.08. The summed E-state index contributed by atoms with van der Waals surface area (Å²) in [5.41, 5.74) is 1.09. The molecule has 0 saturated carbocycles. The van der Waals surface area contributed by atoms with E-state index >= 15 is 0 Å². The molecule has 0 spiro atoms. The zero-order chi connectivity index (χ0) is 13.9. The first-order valence-electron chi connectivity index (χ1n) is 6.28. The Hall–Kier alpha value is -1.20. The van der Waals surface area contributed by atoms with Gasteiger partial charge in [0.2, 0.25) is 0 Å². The van der Waals surface area contributed by atoms with Gasteiger partial charge in [-0.25, -0.2) is 0 Å². The molecule has 4 heteroatoms. The van der Waals surface area contributed by atoms with Crippen LogP contribution in [0.2, 0.25) is 0 Å². The van der Waals surface area contributed by atoms with E-state index in [0.717, 1.165) is 5.56 Å². The van der Waals surface area contributed by atoms with Crippen LogP contribution in [0.1, 0.15) is 12.0 Å². The summed E-state index contributed by atoms with van der Waals surface area (Å²) >= 11 is 0. The molecule has 0 aromatic heterocycles. The topological polar surface area (TPSA) is 47.9 Å². The first-order chi connectivity index (χ1) is 9.26. The van der Waals surface area contributed by atoms with Crippen molar-refractivity contribution >= 4 is 0 Å². The fourth-order valence-corrected chi connectivity index (χ4v) is 1.56. The number of aliphatic hydroxyl groups excluding tert-OH is 1. The van der Waals surface area contributed by atoms with Gasteiger partial charge in [-0.1, -0.05) is 42.5 Å². The molecule has 0 bridgehead atoms. The highest BCUT2D eigenvalue weighted by Crippen LogP contribution is 2.03. The molecule has 106 valence electrons. The molecule has 0 fully saturated rings. The van der Waals surface area contributed by atoms with Crippen molar-refractivity contribution in [3.8, 4) is 0 Å². The van der Waals surface area contributed by atoms with Gasteiger partial charge < -0.3 is 19.3 Å². The number of aliphatic hydroxyl groups is 1. The van der Waals surface area contributed by atoms with E-state index < -0.39 is 6.10 Å². The third-order valence-electron chi connectivity index (χ3n) is 2.61. The highest BCUT2D eigenvalue weighted by atomic mass is 16.7. The van der Waals surface area contributed by atoms with Gasteiger partial charge in [0.25, 0.3) is 0 Å². The van der Waals surface area contributed by atoms with Gasteiger partial charge in [0, 0.05) is 20.6 Å². The normalized spacial score (nSPS) is 13.3. The smallest absolute Gasteiger partial charge is 0.160 e. The molecule has 19 heavy (non-hydrogen) atoms. The molecule has 0 saturated heterocycles. The summed E-state index contributed by atoms with van der Waals surface area (Å²) in [6, 6.07) is 9.87. The van der Waals surface area contributed by atoms with E-state index in [9.17, 15) is 5.11 Å². The van der Waals surface area contributed by atoms with Crippen LogP contribution in [0.5, 0.6) is 0 Å². The lowest BCUT2D eigenvalue weighted by atomic mass is 10.2. The van der Waals surface area contributed by atoms with Crippen LogP contribution in [-0.2, 0) is 20.8 Å². The van der Waals surface area contributed by atoms with Crippen LogP contribution in [0.25, 0.3) is 0 Å². The molecule has 1 aromatic carbocycles. The van der Waals surface area contributed by atoms with Crippen LogP contribution in [0.4, 0.5) is 0 Å². The van der Waals surface area contributed by atoms with Gasteiger partial charge in [-0.3, -0.25) is 0 Å². The maximum Gasteiger partial charge on any atom is 0.160 e. The minimum absolute atomic E-state index is 0.270. The van der Waals surface area contributed by atoms with Crippen molar-refractivity contribution in [3.63, 3.8) is 0 Å². The lowest BCUT2D eigenvalue weighted by Crippen LogP contribution is -2.14. The quantitative estimate of drug-likeness (QED) is 0.549. The first kappa shape index (κ1) is 15.9. The molecule has 0 radical (unpaired) electrons. The molecule has 0 unspecified atom stereocenters. The summed E-state index contributed by atoms with van der Waals surface area (Å²) in [7, 11) is 3.17. The van der Waals surface area contributed by atoms with Crippen molar-refractivity contribution in [1.82, 2.24) is 0 Å². The maximum absolute atomic E-state index is 9.69. The Labute approximate surface area is 114 Å². The third-order valence-corrected chi connectivity index (χ3v) is 2.61. The summed E-state index contributed by atoms with van der Waals surface area (Å²) in [6.07, 6.45) is 3.24. The van der Waals surface area contributed by atoms with Crippen LogP contribution >= 0.6 is 0 Å². The number of ether oxygens (including phenoxy) is 3. The SMILES string of the molecule is COC(C/C=C\[C@H](O)COCc1ccccc1)OC. The highest BCUT2D eigenvalue weighted by Gasteiger charge is 2.03. The van der Waals surface area contributed by atoms with Crippen molar-refractivity contribution in [2.24, 2.45) is 0 Å². The molecule has 0 amide bonds. The Balaban J connectivity index is 2.17. The lowest BCUT2D eigenvalue weighted by molar-refractivity contribution is -0.0987. The Kier molecular flexibility index (Phi) is 8.09. The second-order valence-corrected chi connectivity index (χ2v) is 4.13. The van der Waals surface area contributed by atoms with Crippen LogP contribution < -0.4 is 0 Å². The van der Waals surface area contributed by atoms with E-state index in [0.29, 0.717) is 13.0 Å². The number of hydrogen-bond donors (Lipinski definition) is 1. The summed E-state index contributed by atoms with van der Waals surface area (Å²) in [6.45, 7) is 0.778. The van der Waals surface area contributed by atoms with Gasteiger partial charge >= 0.3 is 0 Å². The van der Waals surface area contributed by atoms with Gasteiger partial charge in [-0.2, -0.15) is 0 Å². The van der Waals surface area contributed by atoms with Gasteiger partial charge in [-0.15, -0.1) is 0 Å². The standard InChI is InChI=1S/C15H22O4/c1-17-15(18-2)10-6-9-14(16)12-19-11-13-7-4-3-5-8-13/h3-9,14-16H,10-12H2,1-2H3/b9-6-/t14-/m0/s1. The predicted octanol–water partition coefficient (Wildman–Crippen LogP) is 2.13. The van der Waals surface area contributed by atoms with E-state index in [1.807, 2.05) is 36.4 Å². The fourth-order valence-electron chi connectivity index (χ4n) is 1.56. The molecule has 0 aliphatic carbocycles. The van der Waals surface area contributed by atoms with Gasteiger partial charge in [0.1, 0.15) is 0 Å². The summed E-state index contributed by atoms with van der Waals surface area (Å²) in [5, 5.41) is 9.69. The second-order valence-electron chi connectivity index (χ2n) is 4.13. The highest BCUT2D eigenvalue weighted by molar-refractivity contribution is 5.13. The van der Waals surface area contributed by atoms with Crippen molar-refractivity contribution in [2.75, 3.05) is 20.8 Å². The lowest BCUT2D eigenvalue weighted by Gasteiger charge is -2.11. The average Bonchev–Trinajstić information content (AvgIpc) is 2.45. The zero-order valence-electron chi connectivity index (χ0n) is 11.5. The monoisotopic (exact) mass is 266 g/mol. The van der Waals surface area contributed by atoms with Gasteiger partial charge in [0.15, 0.2) is 6.29 Å². The van der Waals surface area contributed by atoms with E-state index in [1.54, 1.807) is 20.3 Å². The Morgan fingerprint density at radius 2 is 1.84 bits per heavy atom. The van der Waals surface area contributed by atoms with E-state index in [4.69, 9.17) is 14.2 Å². The average molecular weight is 266 g/mol. The molecule has 0 aliphatic rings. The summed E-state index contributed by atoms with van der Waals surface area (Å²) < 4.78 is 15.5. The molecule has 0 aliphatic heterocycles. The van der Waals surface area contributed by atoms with Gasteiger partial charge in [0.05, 0.1) is 19.3 Å². The Morgan fingerprint density at radius 1 is 1.16 bits per heavy atom. The minimum atomic E-state index is -0.613. The minimum Gasteiger partial charge on any atom is -0.387 e. The largest absolute Gasteiger partial charge is 0.387 e. The Bertz CT molecular complexity index is 346. The zero-order valence-corrected chi connectivity index (χ0v) is 11.5. The first-order valence-corrected chi connectivity index (χ1v) is 6.28. The van der Waals surface area contributed by atoms with E-state index in [-0.39, 0.29) is 12.9 Å². The van der Waals surface area contributed by atoms with Crippen molar-refractivity contribution in [3.05, 3.63) is 48.0 Å². The molecule has 1 atom stereocenters. The fraction of sp³-hybridized carbons (Fsp3) is 0.467.